The van der Waals surface area contributed by atoms with Crippen molar-refractivity contribution in [3.8, 4) is 0 Å². The molecule has 0 saturated carbocycles. The molecule has 3 rings (SSSR count). The first-order chi connectivity index (χ1) is 11.5. The Balaban J connectivity index is 1.71. The van der Waals surface area contributed by atoms with E-state index < -0.39 is 27.7 Å². The van der Waals surface area contributed by atoms with E-state index in [4.69, 9.17) is 4.74 Å². The Labute approximate surface area is 141 Å². The third-order valence-electron chi connectivity index (χ3n) is 4.05. The van der Waals surface area contributed by atoms with Crippen LogP contribution in [0, 0.1) is 6.92 Å². The summed E-state index contributed by atoms with van der Waals surface area (Å²) in [6.45, 7) is 2.33. The average molecular weight is 345 g/mol. The monoisotopic (exact) mass is 345 g/mol. The highest BCUT2D eigenvalue weighted by molar-refractivity contribution is 7.91. The van der Waals surface area contributed by atoms with Crippen molar-refractivity contribution < 1.29 is 17.9 Å². The smallest absolute Gasteiger partial charge is 0.254 e. The zero-order valence-electron chi connectivity index (χ0n) is 13.4. The average Bonchev–Trinajstić information content (AvgIpc) is 2.59. The molecular formula is C18H19NO4S. The van der Waals surface area contributed by atoms with Crippen molar-refractivity contribution in [2.75, 3.05) is 12.5 Å². The molecule has 2 aromatic rings. The van der Waals surface area contributed by atoms with Crippen LogP contribution in [0.25, 0.3) is 0 Å². The largest absolute Gasteiger partial charge is 0.363 e. The van der Waals surface area contributed by atoms with Gasteiger partial charge in [0.1, 0.15) is 5.88 Å². The molecule has 0 fully saturated rings. The maximum Gasteiger partial charge on any atom is 0.254 e. The summed E-state index contributed by atoms with van der Waals surface area (Å²) in [5, 5.41) is 2.49. The van der Waals surface area contributed by atoms with Crippen LogP contribution in [0.1, 0.15) is 22.8 Å². The normalized spacial score (nSPS) is 17.1. The van der Waals surface area contributed by atoms with E-state index in [9.17, 15) is 13.2 Å². The Morgan fingerprint density at radius 3 is 2.62 bits per heavy atom. The van der Waals surface area contributed by atoms with Crippen molar-refractivity contribution >= 4 is 15.7 Å². The van der Waals surface area contributed by atoms with Gasteiger partial charge in [0.05, 0.1) is 11.5 Å². The molecular weight excluding hydrogens is 326 g/mol. The van der Waals surface area contributed by atoms with Gasteiger partial charge >= 0.3 is 0 Å². The molecule has 0 bridgehead atoms. The zero-order chi connectivity index (χ0) is 17.2. The van der Waals surface area contributed by atoms with Gasteiger partial charge in [0.2, 0.25) is 0 Å². The number of ether oxygens (including phenoxy) is 1. The van der Waals surface area contributed by atoms with Crippen LogP contribution in [-0.2, 0) is 25.8 Å². The predicted molar refractivity (Wildman–Crippen MR) is 90.2 cm³/mol. The number of nitrogens with one attached hydrogen (secondary N) is 1. The molecule has 1 unspecified atom stereocenters. The lowest BCUT2D eigenvalue weighted by Gasteiger charge is -2.25. The number of hydrogen-bond acceptors (Lipinski definition) is 4. The lowest BCUT2D eigenvalue weighted by molar-refractivity contribution is -0.133. The van der Waals surface area contributed by atoms with E-state index in [1.807, 2.05) is 31.2 Å². The van der Waals surface area contributed by atoms with Crippen LogP contribution >= 0.6 is 0 Å². The van der Waals surface area contributed by atoms with E-state index in [0.717, 1.165) is 23.1 Å². The zero-order valence-corrected chi connectivity index (χ0v) is 14.2. The van der Waals surface area contributed by atoms with Gasteiger partial charge in [-0.05, 0) is 36.6 Å². The van der Waals surface area contributed by atoms with Gasteiger partial charge in [-0.2, -0.15) is 0 Å². The second kappa shape index (κ2) is 6.75. The molecule has 6 heteroatoms. The van der Waals surface area contributed by atoms with Gasteiger partial charge < -0.3 is 10.1 Å². The van der Waals surface area contributed by atoms with Gasteiger partial charge in [0.25, 0.3) is 5.91 Å². The fraction of sp³-hybridized carbons (Fsp3) is 0.278. The minimum atomic E-state index is -3.58. The molecule has 24 heavy (non-hydrogen) atoms. The van der Waals surface area contributed by atoms with Crippen LogP contribution < -0.4 is 5.32 Å². The molecule has 1 aliphatic rings. The van der Waals surface area contributed by atoms with E-state index in [0.29, 0.717) is 6.61 Å². The van der Waals surface area contributed by atoms with Crippen molar-refractivity contribution in [1.82, 2.24) is 5.32 Å². The highest BCUT2D eigenvalue weighted by atomic mass is 32.2. The maximum absolute atomic E-state index is 12.4. The van der Waals surface area contributed by atoms with E-state index in [1.54, 1.807) is 24.3 Å². The number of fused-ring (bicyclic) bond motifs is 1. The topological polar surface area (TPSA) is 72.5 Å². The molecule has 0 aromatic heterocycles. The summed E-state index contributed by atoms with van der Waals surface area (Å²) in [6, 6.07) is 14.1. The molecule has 1 amide bonds. The number of benzene rings is 2. The first-order valence-electron chi connectivity index (χ1n) is 7.74. The molecule has 0 spiro atoms. The summed E-state index contributed by atoms with van der Waals surface area (Å²) >= 11 is 0. The summed E-state index contributed by atoms with van der Waals surface area (Å²) in [7, 11) is -3.58. The minimum absolute atomic E-state index is 0.193. The second-order valence-electron chi connectivity index (χ2n) is 5.81. The van der Waals surface area contributed by atoms with E-state index in [1.165, 1.54) is 0 Å². The Kier molecular flexibility index (Phi) is 4.69. The maximum atomic E-state index is 12.4. The van der Waals surface area contributed by atoms with Gasteiger partial charge in [0, 0.05) is 0 Å². The van der Waals surface area contributed by atoms with Crippen LogP contribution in [0.5, 0.6) is 0 Å². The summed E-state index contributed by atoms with van der Waals surface area (Å²) in [4.78, 5) is 12.6. The minimum Gasteiger partial charge on any atom is -0.363 e. The standard InChI is InChI=1S/C18H19NO4S/c1-13-6-8-15(9-7-13)24(21,22)12-19-18(20)17-16-5-3-2-4-14(16)10-11-23-17/h2-9,17H,10-12H2,1H3,(H,19,20). The number of sulfone groups is 1. The first-order valence-corrected chi connectivity index (χ1v) is 9.39. The lowest BCUT2D eigenvalue weighted by Crippen LogP contribution is -2.36. The van der Waals surface area contributed by atoms with Crippen LogP contribution in [0.15, 0.2) is 53.4 Å². The van der Waals surface area contributed by atoms with Gasteiger partial charge in [-0.15, -0.1) is 0 Å². The number of carbonyl (C=O) groups is 1. The Morgan fingerprint density at radius 2 is 1.88 bits per heavy atom. The molecule has 126 valence electrons. The highest BCUT2D eigenvalue weighted by Gasteiger charge is 2.28. The van der Waals surface area contributed by atoms with Crippen molar-refractivity contribution in [2.45, 2.75) is 24.3 Å². The molecule has 1 aliphatic heterocycles. The summed E-state index contributed by atoms with van der Waals surface area (Å²) < 4.78 is 30.2. The van der Waals surface area contributed by atoms with Gasteiger partial charge in [-0.1, -0.05) is 42.0 Å². The Morgan fingerprint density at radius 1 is 1.17 bits per heavy atom. The molecule has 0 aliphatic carbocycles. The number of amides is 1. The second-order valence-corrected chi connectivity index (χ2v) is 7.80. The van der Waals surface area contributed by atoms with Crippen LogP contribution in [-0.4, -0.2) is 26.8 Å². The fourth-order valence-electron chi connectivity index (χ4n) is 2.70. The molecule has 0 radical (unpaired) electrons. The SMILES string of the molecule is Cc1ccc(S(=O)(=O)CNC(=O)C2OCCc3ccccc32)cc1. The molecule has 0 saturated heterocycles. The number of rotatable bonds is 4. The van der Waals surface area contributed by atoms with E-state index in [-0.39, 0.29) is 4.90 Å². The van der Waals surface area contributed by atoms with Gasteiger partial charge in [-0.3, -0.25) is 4.79 Å². The summed E-state index contributed by atoms with van der Waals surface area (Å²) in [6.07, 6.45) is -0.00935. The van der Waals surface area contributed by atoms with Crippen LogP contribution in [0.3, 0.4) is 0 Å². The Hall–Kier alpha value is -2.18. The van der Waals surface area contributed by atoms with Crippen molar-refractivity contribution in [3.05, 3.63) is 65.2 Å². The summed E-state index contributed by atoms with van der Waals surface area (Å²) in [5.74, 6) is -0.880. The Bertz CT molecular complexity index is 844. The quantitative estimate of drug-likeness (QED) is 0.922. The van der Waals surface area contributed by atoms with Crippen molar-refractivity contribution in [2.24, 2.45) is 0 Å². The molecule has 1 heterocycles. The van der Waals surface area contributed by atoms with Crippen molar-refractivity contribution in [3.63, 3.8) is 0 Å². The molecule has 2 aromatic carbocycles. The third-order valence-corrected chi connectivity index (χ3v) is 5.56. The van der Waals surface area contributed by atoms with Crippen molar-refractivity contribution in [1.29, 1.82) is 0 Å². The lowest BCUT2D eigenvalue weighted by atomic mass is 9.97. The van der Waals surface area contributed by atoms with Gasteiger partial charge in [0.15, 0.2) is 15.9 Å². The number of hydrogen-bond donors (Lipinski definition) is 1. The first kappa shape index (κ1) is 16.7. The summed E-state index contributed by atoms with van der Waals surface area (Å²) in [5.41, 5.74) is 2.84. The van der Waals surface area contributed by atoms with Crippen LogP contribution in [0.2, 0.25) is 0 Å². The molecule has 1 N–H and O–H groups in total. The number of carbonyl (C=O) groups excluding carboxylic acids is 1. The molecule has 5 nitrogen and oxygen atoms in total. The van der Waals surface area contributed by atoms with Crippen LogP contribution in [0.4, 0.5) is 0 Å². The third kappa shape index (κ3) is 3.49. The van der Waals surface area contributed by atoms with Gasteiger partial charge in [-0.25, -0.2) is 8.42 Å². The fourth-order valence-corrected chi connectivity index (χ4v) is 3.75. The number of aryl methyl sites for hydroxylation is 1. The van der Waals surface area contributed by atoms with E-state index in [2.05, 4.69) is 5.32 Å². The predicted octanol–water partition coefficient (Wildman–Crippen LogP) is 2.16. The molecule has 1 atom stereocenters. The highest BCUT2D eigenvalue weighted by Crippen LogP contribution is 2.27. The van der Waals surface area contributed by atoms with E-state index >= 15 is 0 Å².